The van der Waals surface area contributed by atoms with E-state index in [1.165, 1.54) is 0 Å². The molecule has 0 aliphatic carbocycles. The number of aromatic amines is 1. The molecule has 12 heteroatoms. The molecule has 4 aromatic heterocycles. The minimum Gasteiger partial charge on any atom is -0.463 e. The Balaban J connectivity index is 1.30. The van der Waals surface area contributed by atoms with Crippen LogP contribution in [0.1, 0.15) is 0 Å². The monoisotopic (exact) mass is 474 g/mol. The van der Waals surface area contributed by atoms with Crippen molar-refractivity contribution in [3.8, 4) is 11.5 Å². The number of benzene rings is 1. The van der Waals surface area contributed by atoms with Gasteiger partial charge in [-0.25, -0.2) is 4.98 Å². The Hall–Kier alpha value is -4.03. The first-order chi connectivity index (χ1) is 16.7. The highest BCUT2D eigenvalue weighted by Crippen LogP contribution is 2.26. The molecule has 1 aromatic carbocycles. The van der Waals surface area contributed by atoms with E-state index in [-0.39, 0.29) is 0 Å². The van der Waals surface area contributed by atoms with Gasteiger partial charge in [-0.1, -0.05) is 0 Å². The summed E-state index contributed by atoms with van der Waals surface area (Å²) in [6, 6.07) is 11.5. The van der Waals surface area contributed by atoms with Gasteiger partial charge in [0.15, 0.2) is 11.6 Å². The van der Waals surface area contributed by atoms with Crippen LogP contribution in [0.4, 0.5) is 29.4 Å². The van der Waals surface area contributed by atoms with E-state index >= 15 is 0 Å². The van der Waals surface area contributed by atoms with Crippen LogP contribution in [0.2, 0.25) is 0 Å². The zero-order valence-electron chi connectivity index (χ0n) is 18.4. The van der Waals surface area contributed by atoms with Crippen LogP contribution in [0.5, 0.6) is 0 Å². The van der Waals surface area contributed by atoms with Crippen LogP contribution >= 0.6 is 11.3 Å². The summed E-state index contributed by atoms with van der Waals surface area (Å²) in [5, 5.41) is 13.8. The van der Waals surface area contributed by atoms with Gasteiger partial charge in [-0.3, -0.25) is 5.10 Å². The molecule has 6 rings (SSSR count). The SMILES string of the molecule is CN1CCN(c2nc(Nc3ccc4ncsc4c3)nc(Nc3cc(-c4ccco4)[nH]n3)n2)CC1. The molecule has 1 aliphatic heterocycles. The van der Waals surface area contributed by atoms with E-state index in [1.807, 2.05) is 41.9 Å². The molecule has 1 fully saturated rings. The molecular formula is C22H22N10OS. The minimum absolute atomic E-state index is 0.405. The van der Waals surface area contributed by atoms with Crippen LogP contribution in [0.25, 0.3) is 21.7 Å². The smallest absolute Gasteiger partial charge is 0.235 e. The topological polar surface area (TPSA) is 124 Å². The van der Waals surface area contributed by atoms with Crippen LogP contribution in [0, 0.1) is 0 Å². The number of thiazole rings is 1. The summed E-state index contributed by atoms with van der Waals surface area (Å²) in [5.74, 6) is 2.77. The number of hydrogen-bond donors (Lipinski definition) is 3. The van der Waals surface area contributed by atoms with Gasteiger partial charge in [0.2, 0.25) is 17.8 Å². The van der Waals surface area contributed by atoms with Crippen LogP contribution in [-0.4, -0.2) is 68.3 Å². The number of anilines is 5. The largest absolute Gasteiger partial charge is 0.463 e. The standard InChI is InChI=1S/C22H22N10OS/c1-31-6-8-32(9-7-31)22-27-20(24-14-4-5-15-18(11-14)34-13-23-15)26-21(28-22)25-19-12-16(29-30-19)17-3-2-10-33-17/h2-5,10-13H,6-9H2,1H3,(H3,24,25,26,27,28,29,30). The highest BCUT2D eigenvalue weighted by molar-refractivity contribution is 7.16. The lowest BCUT2D eigenvalue weighted by molar-refractivity contribution is 0.311. The second-order valence-electron chi connectivity index (χ2n) is 8.00. The fraction of sp³-hybridized carbons (Fsp3) is 0.227. The van der Waals surface area contributed by atoms with Crippen molar-refractivity contribution in [2.24, 2.45) is 0 Å². The average Bonchev–Trinajstić information content (AvgIpc) is 3.61. The summed E-state index contributed by atoms with van der Waals surface area (Å²) >= 11 is 1.60. The summed E-state index contributed by atoms with van der Waals surface area (Å²) in [6.45, 7) is 3.59. The third kappa shape index (κ3) is 4.28. The second-order valence-corrected chi connectivity index (χ2v) is 8.89. The van der Waals surface area contributed by atoms with Crippen molar-refractivity contribution in [3.63, 3.8) is 0 Å². The lowest BCUT2D eigenvalue weighted by Gasteiger charge is -2.32. The van der Waals surface area contributed by atoms with E-state index in [4.69, 9.17) is 9.40 Å². The normalized spacial score (nSPS) is 14.6. The van der Waals surface area contributed by atoms with Gasteiger partial charge in [0.05, 0.1) is 22.0 Å². The molecular weight excluding hydrogens is 452 g/mol. The Kier molecular flexibility index (Phi) is 5.28. The molecule has 0 unspecified atom stereocenters. The van der Waals surface area contributed by atoms with E-state index in [2.05, 4.69) is 52.6 Å². The highest BCUT2D eigenvalue weighted by Gasteiger charge is 2.19. The number of rotatable bonds is 6. The van der Waals surface area contributed by atoms with Crippen molar-refractivity contribution in [2.45, 2.75) is 0 Å². The number of aromatic nitrogens is 6. The molecule has 172 valence electrons. The number of fused-ring (bicyclic) bond motifs is 1. The summed E-state index contributed by atoms with van der Waals surface area (Å²) in [6.07, 6.45) is 1.62. The summed E-state index contributed by atoms with van der Waals surface area (Å²) in [4.78, 5) is 22.8. The predicted molar refractivity (Wildman–Crippen MR) is 132 cm³/mol. The van der Waals surface area contributed by atoms with Crippen molar-refractivity contribution in [2.75, 3.05) is 48.8 Å². The van der Waals surface area contributed by atoms with Crippen molar-refractivity contribution in [3.05, 3.63) is 48.2 Å². The first-order valence-corrected chi connectivity index (χ1v) is 11.7. The van der Waals surface area contributed by atoms with E-state index in [1.54, 1.807) is 17.6 Å². The summed E-state index contributed by atoms with van der Waals surface area (Å²) < 4.78 is 6.53. The van der Waals surface area contributed by atoms with Crippen LogP contribution in [0.3, 0.4) is 0 Å². The van der Waals surface area contributed by atoms with Gasteiger partial charge in [0.1, 0.15) is 5.69 Å². The Morgan fingerprint density at radius 3 is 2.68 bits per heavy atom. The van der Waals surface area contributed by atoms with Crippen molar-refractivity contribution < 1.29 is 4.42 Å². The molecule has 3 N–H and O–H groups in total. The van der Waals surface area contributed by atoms with Crippen molar-refractivity contribution in [1.29, 1.82) is 0 Å². The van der Waals surface area contributed by atoms with E-state index < -0.39 is 0 Å². The third-order valence-corrected chi connectivity index (χ3v) is 6.39. The third-order valence-electron chi connectivity index (χ3n) is 5.60. The number of likely N-dealkylation sites (N-methyl/N-ethyl adjacent to an activating group) is 1. The van der Waals surface area contributed by atoms with Crippen molar-refractivity contribution >= 4 is 50.9 Å². The summed E-state index contributed by atoms with van der Waals surface area (Å²) in [5.41, 5.74) is 4.46. The van der Waals surface area contributed by atoms with E-state index in [0.717, 1.165) is 47.8 Å². The molecule has 0 bridgehead atoms. The van der Waals surface area contributed by atoms with Gasteiger partial charge < -0.3 is 24.9 Å². The number of nitrogens with one attached hydrogen (secondary N) is 3. The van der Waals surface area contributed by atoms with E-state index in [0.29, 0.717) is 29.4 Å². The van der Waals surface area contributed by atoms with Gasteiger partial charge in [-0.2, -0.15) is 20.1 Å². The lowest BCUT2D eigenvalue weighted by atomic mass is 10.3. The number of hydrogen-bond acceptors (Lipinski definition) is 11. The molecule has 0 radical (unpaired) electrons. The molecule has 0 atom stereocenters. The minimum atomic E-state index is 0.405. The van der Waals surface area contributed by atoms with Gasteiger partial charge in [-0.15, -0.1) is 11.3 Å². The maximum atomic E-state index is 5.44. The van der Waals surface area contributed by atoms with Gasteiger partial charge in [0, 0.05) is 37.9 Å². The Morgan fingerprint density at radius 2 is 1.85 bits per heavy atom. The van der Waals surface area contributed by atoms with Gasteiger partial charge in [-0.05, 0) is 37.4 Å². The van der Waals surface area contributed by atoms with Crippen LogP contribution in [0.15, 0.2) is 52.6 Å². The van der Waals surface area contributed by atoms with Crippen molar-refractivity contribution in [1.82, 2.24) is 35.0 Å². The van der Waals surface area contributed by atoms with E-state index in [9.17, 15) is 0 Å². The zero-order chi connectivity index (χ0) is 22.9. The fourth-order valence-corrected chi connectivity index (χ4v) is 4.46. The number of nitrogens with zero attached hydrogens (tertiary/aromatic N) is 7. The maximum absolute atomic E-state index is 5.44. The van der Waals surface area contributed by atoms with Crippen LogP contribution < -0.4 is 15.5 Å². The quantitative estimate of drug-likeness (QED) is 0.335. The predicted octanol–water partition coefficient (Wildman–Crippen LogP) is 3.70. The number of furan rings is 1. The molecule has 1 aliphatic rings. The first-order valence-electron chi connectivity index (χ1n) is 10.9. The Bertz CT molecular complexity index is 1400. The maximum Gasteiger partial charge on any atom is 0.235 e. The van der Waals surface area contributed by atoms with Gasteiger partial charge in [0.25, 0.3) is 0 Å². The number of piperazine rings is 1. The zero-order valence-corrected chi connectivity index (χ0v) is 19.2. The van der Waals surface area contributed by atoms with Crippen LogP contribution in [-0.2, 0) is 0 Å². The van der Waals surface area contributed by atoms with Gasteiger partial charge >= 0.3 is 0 Å². The molecule has 5 aromatic rings. The molecule has 1 saturated heterocycles. The second kappa shape index (κ2) is 8.72. The highest BCUT2D eigenvalue weighted by atomic mass is 32.1. The fourth-order valence-electron chi connectivity index (χ4n) is 3.74. The molecule has 34 heavy (non-hydrogen) atoms. The molecule has 0 amide bonds. The first kappa shape index (κ1) is 20.6. The lowest BCUT2D eigenvalue weighted by Crippen LogP contribution is -2.45. The Labute approximate surface area is 198 Å². The Morgan fingerprint density at radius 1 is 1.00 bits per heavy atom. The summed E-state index contributed by atoms with van der Waals surface area (Å²) in [7, 11) is 2.12. The molecule has 0 spiro atoms. The molecule has 0 saturated carbocycles. The average molecular weight is 475 g/mol. The number of H-pyrrole nitrogens is 1. The molecule has 11 nitrogen and oxygen atoms in total. The molecule has 5 heterocycles.